The van der Waals surface area contributed by atoms with Crippen LogP contribution in [0, 0.1) is 39.5 Å². The predicted octanol–water partition coefficient (Wildman–Crippen LogP) is 10.8. The molecule has 0 radical (unpaired) electrons. The number of nitrogens with one attached hydrogen (secondary N) is 9. The van der Waals surface area contributed by atoms with Gasteiger partial charge >= 0.3 is 29.6 Å². The fourth-order valence-electron chi connectivity index (χ4n) is 16.2. The van der Waals surface area contributed by atoms with Gasteiger partial charge in [-0.25, -0.2) is 59.8 Å². The minimum atomic E-state index is -0.383. The van der Waals surface area contributed by atoms with Crippen molar-refractivity contribution < 1.29 is 63.8 Å². The molecule has 6 saturated carbocycles. The van der Waals surface area contributed by atoms with Gasteiger partial charge in [-0.2, -0.15) is 0 Å². The van der Waals surface area contributed by atoms with Crippen molar-refractivity contribution in [3.63, 3.8) is 0 Å². The molecule has 18 rings (SSSR count). The van der Waals surface area contributed by atoms with Crippen molar-refractivity contribution in [2.24, 2.45) is 11.8 Å². The first kappa shape index (κ1) is 83.4. The van der Waals surface area contributed by atoms with Gasteiger partial charge in [-0.3, -0.25) is 28.8 Å². The Labute approximate surface area is 698 Å². The maximum Gasteiger partial charge on any atom is 1.00 e. The van der Waals surface area contributed by atoms with Gasteiger partial charge in [0.25, 0.3) is 23.6 Å². The monoisotopic (exact) mass is 1640 g/mol. The van der Waals surface area contributed by atoms with Gasteiger partial charge in [0.1, 0.15) is 85.5 Å². The Kier molecular flexibility index (Phi) is 25.5. The Balaban J connectivity index is 0.000000133. The van der Waals surface area contributed by atoms with Crippen molar-refractivity contribution in [3.8, 4) is 0 Å². The molecule has 0 unspecified atom stereocenters. The molecule has 6 fully saturated rings. The minimum absolute atomic E-state index is 0. The molecule has 0 aromatic carbocycles. The van der Waals surface area contributed by atoms with E-state index in [2.05, 4.69) is 92.7 Å². The third-order valence-corrected chi connectivity index (χ3v) is 23.8. The van der Waals surface area contributed by atoms with Gasteiger partial charge in [0.2, 0.25) is 11.8 Å². The SMILES string of the molecule is Cc1cc(Cl)nc2c1C(=O)NC21CCCCC1.Cc1cc(Nc2ncnc(N)c2Cl)nc2c1C(=O)NC21CCCCC1.Cc1cc(Nc2ncnc(N)c2Cl)nc2c1C(=O)NC21CCCCC1.Cc1cc(Nc2ncnc(NC(=O)C3CC3)c2Cl)nc2c1C(=O)NC21CCCCC1.Nc1ncnc(NC(=O)C2CC2)c1Cl.[Na+].[OH-]. The van der Waals surface area contributed by atoms with Gasteiger partial charge in [-0.1, -0.05) is 135 Å². The molecule has 4 aliphatic heterocycles. The first-order valence-electron chi connectivity index (χ1n) is 37.5. The van der Waals surface area contributed by atoms with Gasteiger partial charge in [-0.05, 0) is 151 Å². The van der Waals surface area contributed by atoms with Crippen LogP contribution in [0.15, 0.2) is 49.6 Å². The Bertz CT molecular complexity index is 4910. The molecule has 0 saturated heterocycles. The molecule has 10 aliphatic rings. The molecular weight excluding hydrogens is 1560 g/mol. The summed E-state index contributed by atoms with van der Waals surface area (Å²) in [4.78, 5) is 124. The number of hydrogen-bond acceptors (Lipinski definition) is 25. The summed E-state index contributed by atoms with van der Waals surface area (Å²) in [6, 6.07) is 7.24. The number of halogens is 5. The average molecular weight is 1650 g/mol. The van der Waals surface area contributed by atoms with Crippen LogP contribution >= 0.6 is 58.0 Å². The zero-order valence-corrected chi connectivity index (χ0v) is 68.9. The largest absolute Gasteiger partial charge is 1.00 e. The van der Waals surface area contributed by atoms with Crippen LogP contribution in [0.3, 0.4) is 0 Å². The number of pyridine rings is 4. The zero-order valence-electron chi connectivity index (χ0n) is 63.1. The number of nitrogen functional groups attached to an aromatic ring is 3. The van der Waals surface area contributed by atoms with E-state index in [0.717, 1.165) is 179 Å². The van der Waals surface area contributed by atoms with E-state index in [-0.39, 0.29) is 154 Å². The summed E-state index contributed by atoms with van der Waals surface area (Å²) < 4.78 is 0. The Morgan fingerprint density at radius 3 is 0.920 bits per heavy atom. The molecule has 12 heterocycles. The van der Waals surface area contributed by atoms with Gasteiger partial charge in [0.15, 0.2) is 29.1 Å². The van der Waals surface area contributed by atoms with E-state index in [1.807, 2.05) is 45.9 Å². The Morgan fingerprint density at radius 1 is 0.372 bits per heavy atom. The number of hydrogen-bond donors (Lipinski definition) is 12. The number of aromatic nitrogens is 12. The van der Waals surface area contributed by atoms with Crippen molar-refractivity contribution in [3.05, 3.63) is 142 Å². The molecule has 16 N–H and O–H groups in total. The summed E-state index contributed by atoms with van der Waals surface area (Å²) in [6.45, 7) is 7.68. The summed E-state index contributed by atoms with van der Waals surface area (Å²) in [7, 11) is 0. The quantitative estimate of drug-likeness (QED) is 0.0447. The van der Waals surface area contributed by atoms with Crippen molar-refractivity contribution >= 4 is 157 Å². The standard InChI is InChI=1S/C21H23ClN6O2.2C17H19ClN6O.C13H15ClN2O.C8H9ClN4O.Na.H2O/c1-11-9-13(25-16-14(11)20(30)28-21(16)7-3-2-4-8-21)26-17-15(22)18(24-10-23-17)27-19(29)12-5-6-12;2*1-9-7-10(23-15-12(18)14(19)20-8-21-15)22-13-11(9)16(25)24-17(13)5-3-2-4-6-17;1-8-7-9(14)15-11-10(8)12(17)16-13(11)5-3-2-4-6-13;9-5-6(10)11-3-12-7(5)13-8(14)4-1-2-4;;/h9-10,12H,2-8H2,1H3,(H,28,30)(H2,23,24,25,26,27,29);2*7-8H,2-6H2,1H3,(H,24,25)(H3,19,20,21,22,23);7H,2-6H2,1H3,(H,16,17);3-4H,1-2H2,(H3,10,11,12,13,14);;1H2/q;;;;;+1;/p-1. The van der Waals surface area contributed by atoms with Crippen molar-refractivity contribution in [2.75, 3.05) is 43.8 Å². The van der Waals surface area contributed by atoms with Crippen LogP contribution in [0.2, 0.25) is 25.2 Å². The maximum atomic E-state index is 12.6. The summed E-state index contributed by atoms with van der Waals surface area (Å²) in [5.41, 5.74) is 25.3. The fraction of sp³-hybridized carbons (Fsp3) is 0.447. The molecule has 0 bridgehead atoms. The van der Waals surface area contributed by atoms with Crippen molar-refractivity contribution in [2.45, 2.75) is 204 Å². The van der Waals surface area contributed by atoms with Crippen molar-refractivity contribution in [1.29, 1.82) is 0 Å². The Hall–Kier alpha value is -9.05. The fourth-order valence-corrected chi connectivity index (χ4v) is 17.1. The average Bonchev–Trinajstić information content (AvgIpc) is 1.62. The summed E-state index contributed by atoms with van der Waals surface area (Å²) in [6.07, 6.45) is 30.0. The molecule has 8 aromatic rings. The smallest absolute Gasteiger partial charge is 0.870 e. The maximum absolute atomic E-state index is 12.6. The molecule has 37 heteroatoms. The van der Waals surface area contributed by atoms with E-state index < -0.39 is 0 Å². The van der Waals surface area contributed by atoms with Crippen LogP contribution in [0.1, 0.15) is 241 Å². The van der Waals surface area contributed by atoms with Crippen LogP contribution < -0.4 is 94.6 Å². The normalized spacial score (nSPS) is 18.2. The van der Waals surface area contributed by atoms with E-state index in [1.54, 1.807) is 6.07 Å². The summed E-state index contributed by atoms with van der Waals surface area (Å²) in [5, 5.41) is 28.9. The number of nitrogens with two attached hydrogens (primary N) is 3. The van der Waals surface area contributed by atoms with Gasteiger partial charge < -0.3 is 70.5 Å². The van der Waals surface area contributed by atoms with Crippen molar-refractivity contribution in [1.82, 2.24) is 81.1 Å². The molecule has 31 nitrogen and oxygen atoms in total. The predicted molar refractivity (Wildman–Crippen MR) is 426 cm³/mol. The number of carbonyl (C=O) groups excluding carboxylic acids is 6. The van der Waals surface area contributed by atoms with E-state index in [0.29, 0.717) is 56.8 Å². The second-order valence-corrected chi connectivity index (χ2v) is 32.0. The number of amides is 6. The summed E-state index contributed by atoms with van der Waals surface area (Å²) >= 11 is 30.6. The zero-order chi connectivity index (χ0) is 78.3. The van der Waals surface area contributed by atoms with Crippen LogP contribution in [0.25, 0.3) is 0 Å². The molecule has 6 amide bonds. The molecule has 8 aromatic heterocycles. The van der Waals surface area contributed by atoms with E-state index in [1.165, 1.54) is 51.0 Å². The molecule has 4 spiro atoms. The molecular formula is C76H86Cl5N24NaO7. The number of anilines is 11. The number of fused-ring (bicyclic) bond motifs is 8. The number of aryl methyl sites for hydroxylation is 4. The molecule has 0 atom stereocenters. The van der Waals surface area contributed by atoms with Crippen LogP contribution in [-0.2, 0) is 31.7 Å². The first-order chi connectivity index (χ1) is 53.3. The third kappa shape index (κ3) is 17.5. The second-order valence-electron chi connectivity index (χ2n) is 30.1. The van der Waals surface area contributed by atoms with Crippen LogP contribution in [0.4, 0.5) is 64.0 Å². The minimum Gasteiger partial charge on any atom is -0.870 e. The molecule has 113 heavy (non-hydrogen) atoms. The molecule has 588 valence electrons. The van der Waals surface area contributed by atoms with E-state index in [9.17, 15) is 28.8 Å². The number of nitrogens with zero attached hydrogens (tertiary/aromatic N) is 12. The van der Waals surface area contributed by atoms with Gasteiger partial charge in [0, 0.05) is 11.8 Å². The van der Waals surface area contributed by atoms with E-state index >= 15 is 0 Å². The number of carbonyl (C=O) groups is 6. The topological polar surface area (TPSA) is 473 Å². The Morgan fingerprint density at radius 2 is 0.619 bits per heavy atom. The van der Waals surface area contributed by atoms with Crippen LogP contribution in [0.5, 0.6) is 0 Å². The van der Waals surface area contributed by atoms with Gasteiger partial charge in [-0.15, -0.1) is 0 Å². The number of rotatable bonds is 10. The van der Waals surface area contributed by atoms with Crippen LogP contribution in [-0.4, -0.2) is 101 Å². The second kappa shape index (κ2) is 34.6. The third-order valence-electron chi connectivity index (χ3n) is 22.2. The molecule has 6 aliphatic carbocycles. The first-order valence-corrected chi connectivity index (χ1v) is 39.4. The summed E-state index contributed by atoms with van der Waals surface area (Å²) in [5.74, 6) is 4.01. The van der Waals surface area contributed by atoms with Gasteiger partial charge in [0.05, 0.1) is 67.2 Å². The van der Waals surface area contributed by atoms with E-state index in [4.69, 9.17) is 90.2 Å².